The third-order valence-electron chi connectivity index (χ3n) is 9.59. The van der Waals surface area contributed by atoms with Crippen molar-refractivity contribution < 1.29 is 18.9 Å². The Morgan fingerprint density at radius 2 is 2.00 bits per heavy atom. The molecule has 37 heavy (non-hydrogen) atoms. The van der Waals surface area contributed by atoms with Gasteiger partial charge in [0, 0.05) is 19.1 Å². The van der Waals surface area contributed by atoms with Crippen LogP contribution in [-0.2, 0) is 20.5 Å². The molecule has 5 aliphatic rings. The molecule has 3 saturated carbocycles. The molecule has 2 saturated heterocycles. The fourth-order valence-electron chi connectivity index (χ4n) is 7.29. The minimum absolute atomic E-state index is 0.0411. The number of urea groups is 1. The van der Waals surface area contributed by atoms with Gasteiger partial charge in [0.05, 0.1) is 23.7 Å². The van der Waals surface area contributed by atoms with E-state index in [1.54, 1.807) is 4.90 Å². The Labute approximate surface area is 220 Å². The van der Waals surface area contributed by atoms with Crippen molar-refractivity contribution in [3.63, 3.8) is 0 Å². The SMILES string of the molecule is CC1(C)[C@@H]2C[C@H]3OB([C@H](Cc4ccccc4)NC(=O)NC[C@H]4CCCCN4C(=O)CC#N)O[C@@]3(C)[C@H]1C2. The maximum absolute atomic E-state index is 13.1. The number of amides is 3. The minimum Gasteiger partial charge on any atom is -0.404 e. The molecule has 6 atom stereocenters. The van der Waals surface area contributed by atoms with Gasteiger partial charge >= 0.3 is 13.1 Å². The average molecular weight is 506 g/mol. The number of nitrogens with one attached hydrogen (secondary N) is 2. The van der Waals surface area contributed by atoms with Gasteiger partial charge in [0.25, 0.3) is 0 Å². The molecule has 2 heterocycles. The number of nitrogens with zero attached hydrogens (tertiary/aromatic N) is 2. The Bertz CT molecular complexity index is 1050. The molecule has 0 spiro atoms. The highest BCUT2D eigenvalue weighted by Crippen LogP contribution is 2.65. The first-order chi connectivity index (χ1) is 17.7. The predicted octanol–water partition coefficient (Wildman–Crippen LogP) is 3.46. The van der Waals surface area contributed by atoms with E-state index in [4.69, 9.17) is 14.6 Å². The molecule has 0 unspecified atom stereocenters. The smallest absolute Gasteiger partial charge is 0.404 e. The van der Waals surface area contributed by atoms with E-state index in [1.807, 2.05) is 24.3 Å². The standard InChI is InChI=1S/C28H39BN4O4/c1-27(2)20-16-22(27)28(3)23(17-20)36-29(37-28)24(15-19-9-5-4-6-10-19)32-26(35)31-18-21-11-7-8-14-33(21)25(34)12-13-30/h4-6,9-10,20-24H,7-8,11-12,14-18H2,1-3H3,(H2,31,32,35)/t20-,21+,22-,23+,24-,28-/m0/s1. The number of carbonyl (C=O) groups is 2. The van der Waals surface area contributed by atoms with E-state index in [2.05, 4.69) is 43.5 Å². The van der Waals surface area contributed by atoms with E-state index in [1.165, 1.54) is 6.42 Å². The van der Waals surface area contributed by atoms with E-state index < -0.39 is 7.12 Å². The second kappa shape index (κ2) is 10.3. The Morgan fingerprint density at radius 3 is 2.73 bits per heavy atom. The molecule has 9 heteroatoms. The first kappa shape index (κ1) is 26.1. The van der Waals surface area contributed by atoms with Gasteiger partial charge in [-0.1, -0.05) is 44.2 Å². The third kappa shape index (κ3) is 4.98. The molecule has 5 fully saturated rings. The molecule has 3 aliphatic carbocycles. The molecular weight excluding hydrogens is 467 g/mol. The zero-order valence-electron chi connectivity index (χ0n) is 22.2. The number of carbonyl (C=O) groups excluding carboxylic acids is 2. The monoisotopic (exact) mass is 506 g/mol. The van der Waals surface area contributed by atoms with Crippen LogP contribution in [-0.4, -0.2) is 60.7 Å². The summed E-state index contributed by atoms with van der Waals surface area (Å²) in [5.41, 5.74) is 1.00. The quantitative estimate of drug-likeness (QED) is 0.552. The number of nitriles is 1. The zero-order chi connectivity index (χ0) is 26.2. The molecule has 3 amide bonds. The number of rotatable bonds is 7. The summed E-state index contributed by atoms with van der Waals surface area (Å²) in [5.74, 6) is 0.584. The molecule has 8 nitrogen and oxygen atoms in total. The van der Waals surface area contributed by atoms with Crippen LogP contribution >= 0.6 is 0 Å². The van der Waals surface area contributed by atoms with Gasteiger partial charge in [-0.05, 0) is 68.3 Å². The lowest BCUT2D eigenvalue weighted by atomic mass is 9.43. The van der Waals surface area contributed by atoms with E-state index >= 15 is 0 Å². The minimum atomic E-state index is -0.528. The van der Waals surface area contributed by atoms with E-state index in [0.29, 0.717) is 31.3 Å². The van der Waals surface area contributed by atoms with Crippen LogP contribution < -0.4 is 10.6 Å². The Kier molecular flexibility index (Phi) is 7.25. The van der Waals surface area contributed by atoms with Crippen LogP contribution in [0.3, 0.4) is 0 Å². The second-order valence-electron chi connectivity index (χ2n) is 12.1. The number of hydrogen-bond donors (Lipinski definition) is 2. The van der Waals surface area contributed by atoms with Crippen LogP contribution in [0.1, 0.15) is 64.9 Å². The molecule has 2 aliphatic heterocycles. The predicted molar refractivity (Wildman–Crippen MR) is 140 cm³/mol. The largest absolute Gasteiger partial charge is 0.482 e. The Hall–Kier alpha value is -2.57. The topological polar surface area (TPSA) is 104 Å². The van der Waals surface area contributed by atoms with Crippen molar-refractivity contribution in [1.82, 2.24) is 15.5 Å². The van der Waals surface area contributed by atoms with Crippen LogP contribution in [0, 0.1) is 28.6 Å². The van der Waals surface area contributed by atoms with Gasteiger partial charge in [0.1, 0.15) is 6.42 Å². The first-order valence-electron chi connectivity index (χ1n) is 13.8. The van der Waals surface area contributed by atoms with Crippen molar-refractivity contribution in [3.05, 3.63) is 35.9 Å². The third-order valence-corrected chi connectivity index (χ3v) is 9.59. The van der Waals surface area contributed by atoms with Gasteiger partial charge in [-0.15, -0.1) is 0 Å². The van der Waals surface area contributed by atoms with Crippen LogP contribution in [0.5, 0.6) is 0 Å². The lowest BCUT2D eigenvalue weighted by Gasteiger charge is -2.64. The summed E-state index contributed by atoms with van der Waals surface area (Å²) in [4.78, 5) is 27.3. The van der Waals surface area contributed by atoms with Gasteiger partial charge in [0.15, 0.2) is 0 Å². The molecule has 0 radical (unpaired) electrons. The summed E-state index contributed by atoms with van der Waals surface area (Å²) >= 11 is 0. The average Bonchev–Trinajstić information content (AvgIpc) is 3.25. The second-order valence-corrected chi connectivity index (χ2v) is 12.1. The highest BCUT2D eigenvalue weighted by atomic mass is 16.7. The molecule has 1 aromatic carbocycles. The maximum Gasteiger partial charge on any atom is 0.482 e. The molecule has 2 bridgehead atoms. The normalized spacial score (nSPS) is 32.5. The van der Waals surface area contributed by atoms with Gasteiger partial charge < -0.3 is 24.8 Å². The van der Waals surface area contributed by atoms with Crippen LogP contribution in [0.2, 0.25) is 0 Å². The lowest BCUT2D eigenvalue weighted by Crippen LogP contribution is -2.65. The highest BCUT2D eigenvalue weighted by molar-refractivity contribution is 6.48. The van der Waals surface area contributed by atoms with Crippen molar-refractivity contribution in [1.29, 1.82) is 5.26 Å². The van der Waals surface area contributed by atoms with Crippen LogP contribution in [0.15, 0.2) is 30.3 Å². The molecule has 198 valence electrons. The highest BCUT2D eigenvalue weighted by Gasteiger charge is 2.68. The summed E-state index contributed by atoms with van der Waals surface area (Å²) in [6.07, 6.45) is 5.42. The van der Waals surface area contributed by atoms with Crippen molar-refractivity contribution in [3.8, 4) is 6.07 Å². The Balaban J connectivity index is 1.25. The summed E-state index contributed by atoms with van der Waals surface area (Å²) in [6.45, 7) is 7.86. The molecule has 1 aromatic rings. The van der Waals surface area contributed by atoms with Crippen molar-refractivity contribution in [2.75, 3.05) is 13.1 Å². The fraction of sp³-hybridized carbons (Fsp3) is 0.679. The lowest BCUT2D eigenvalue weighted by molar-refractivity contribution is -0.199. The van der Waals surface area contributed by atoms with Crippen molar-refractivity contribution in [2.24, 2.45) is 17.3 Å². The number of hydrogen-bond acceptors (Lipinski definition) is 5. The first-order valence-corrected chi connectivity index (χ1v) is 13.8. The van der Waals surface area contributed by atoms with Gasteiger partial charge in [-0.2, -0.15) is 5.26 Å². The Morgan fingerprint density at radius 1 is 1.22 bits per heavy atom. The molecular formula is C28H39BN4O4. The van der Waals surface area contributed by atoms with Crippen LogP contribution in [0.4, 0.5) is 4.79 Å². The molecule has 2 N–H and O–H groups in total. The van der Waals surface area contributed by atoms with Crippen molar-refractivity contribution in [2.45, 2.75) is 89.4 Å². The summed E-state index contributed by atoms with van der Waals surface area (Å²) in [7, 11) is -0.528. The van der Waals surface area contributed by atoms with Gasteiger partial charge in [-0.25, -0.2) is 4.79 Å². The van der Waals surface area contributed by atoms with E-state index in [9.17, 15) is 9.59 Å². The fourth-order valence-corrected chi connectivity index (χ4v) is 7.29. The summed E-state index contributed by atoms with van der Waals surface area (Å²) in [6, 6.07) is 11.6. The number of likely N-dealkylation sites (tertiary alicyclic amines) is 1. The van der Waals surface area contributed by atoms with Gasteiger partial charge in [0.2, 0.25) is 5.91 Å². The maximum atomic E-state index is 13.1. The van der Waals surface area contributed by atoms with E-state index in [-0.39, 0.29) is 47.5 Å². The van der Waals surface area contributed by atoms with Gasteiger partial charge in [-0.3, -0.25) is 4.79 Å². The van der Waals surface area contributed by atoms with Crippen molar-refractivity contribution >= 4 is 19.1 Å². The molecule has 6 rings (SSSR count). The van der Waals surface area contributed by atoms with E-state index in [0.717, 1.165) is 31.2 Å². The number of benzene rings is 1. The molecule has 0 aromatic heterocycles. The summed E-state index contributed by atoms with van der Waals surface area (Å²) < 4.78 is 13.2. The summed E-state index contributed by atoms with van der Waals surface area (Å²) in [5, 5.41) is 15.1. The zero-order valence-corrected chi connectivity index (χ0v) is 22.2. The number of piperidine rings is 1. The van der Waals surface area contributed by atoms with Crippen LogP contribution in [0.25, 0.3) is 0 Å².